The molecule has 2 unspecified atom stereocenters. The summed E-state index contributed by atoms with van der Waals surface area (Å²) in [5, 5.41) is 13.4. The second-order valence-electron chi connectivity index (χ2n) is 11.4. The number of nitrogens with one attached hydrogen (secondary N) is 2. The Morgan fingerprint density at radius 3 is 2.54 bits per heavy atom. The third-order valence-corrected chi connectivity index (χ3v) is 12.1. The molecule has 7 rings (SSSR count). The predicted molar refractivity (Wildman–Crippen MR) is 194 cm³/mol. The van der Waals surface area contributed by atoms with Crippen molar-refractivity contribution in [2.75, 3.05) is 5.73 Å². The molecule has 2 aliphatic heterocycles. The summed E-state index contributed by atoms with van der Waals surface area (Å²) in [5.74, 6) is -1.37. The van der Waals surface area contributed by atoms with Crippen molar-refractivity contribution in [3.63, 3.8) is 0 Å². The SMILES string of the molecule is Nc1nc(C2(NC(=O)/C=N\OC3C=CCC3)S[C@@H]3CC(=O)N3C(C(=O)OC(c3ccccc3)c3ccccc3)=C2SCc2cn[nH]c2)c(Cl)s1. The Hall–Kier alpha value is -4.57. The first-order valence-electron chi connectivity index (χ1n) is 15.6. The smallest absolute Gasteiger partial charge is 0.357 e. The first kappa shape index (κ1) is 33.9. The molecule has 2 aromatic heterocycles. The van der Waals surface area contributed by atoms with E-state index in [4.69, 9.17) is 26.9 Å². The molecule has 4 aromatic rings. The fourth-order valence-electron chi connectivity index (χ4n) is 5.80. The number of hydrogen-bond acceptors (Lipinski definition) is 12. The second kappa shape index (κ2) is 14.7. The number of rotatable bonds is 12. The Morgan fingerprint density at radius 1 is 1.20 bits per heavy atom. The van der Waals surface area contributed by atoms with Crippen molar-refractivity contribution in [2.45, 2.75) is 47.5 Å². The minimum atomic E-state index is -1.58. The molecule has 2 amide bonds. The second-order valence-corrected chi connectivity index (χ2v) is 15.5. The van der Waals surface area contributed by atoms with E-state index in [1.807, 2.05) is 72.8 Å². The molecule has 256 valence electrons. The van der Waals surface area contributed by atoms with Gasteiger partial charge in [0.1, 0.15) is 28.0 Å². The van der Waals surface area contributed by atoms with Crippen LogP contribution in [-0.2, 0) is 34.6 Å². The minimum absolute atomic E-state index is 0.0254. The number of hydrogen-bond donors (Lipinski definition) is 3. The summed E-state index contributed by atoms with van der Waals surface area (Å²) in [6, 6.07) is 18.7. The van der Waals surface area contributed by atoms with E-state index in [2.05, 4.69) is 25.7 Å². The van der Waals surface area contributed by atoms with Crippen molar-refractivity contribution in [1.29, 1.82) is 0 Å². The number of aromatic nitrogens is 3. The molecule has 4 heterocycles. The molecule has 16 heteroatoms. The van der Waals surface area contributed by atoms with Gasteiger partial charge in [-0.1, -0.05) is 107 Å². The van der Waals surface area contributed by atoms with E-state index in [9.17, 15) is 14.4 Å². The summed E-state index contributed by atoms with van der Waals surface area (Å²) < 4.78 is 6.56. The molecular weight excluding hydrogens is 718 g/mol. The average molecular weight is 748 g/mol. The molecule has 2 aromatic carbocycles. The van der Waals surface area contributed by atoms with E-state index in [1.165, 1.54) is 28.4 Å². The molecule has 3 atom stereocenters. The van der Waals surface area contributed by atoms with Crippen molar-refractivity contribution in [3.8, 4) is 0 Å². The average Bonchev–Trinajstić information content (AvgIpc) is 3.90. The van der Waals surface area contributed by atoms with Crippen molar-refractivity contribution >= 4 is 75.6 Å². The van der Waals surface area contributed by atoms with Gasteiger partial charge in [0.2, 0.25) is 5.91 Å². The molecule has 0 radical (unpaired) electrons. The number of fused-ring (bicyclic) bond motifs is 1. The van der Waals surface area contributed by atoms with Crippen LogP contribution in [0.1, 0.15) is 47.8 Å². The van der Waals surface area contributed by atoms with Crippen molar-refractivity contribution in [3.05, 3.63) is 123 Å². The number of aromatic amines is 1. The molecule has 4 N–H and O–H groups in total. The highest BCUT2D eigenvalue weighted by Crippen LogP contribution is 2.59. The maximum absolute atomic E-state index is 14.7. The van der Waals surface area contributed by atoms with E-state index in [0.717, 1.165) is 47.1 Å². The van der Waals surface area contributed by atoms with Gasteiger partial charge in [0.05, 0.1) is 22.9 Å². The third kappa shape index (κ3) is 6.90. The number of benzene rings is 2. The van der Waals surface area contributed by atoms with Gasteiger partial charge in [-0.05, 0) is 30.0 Å². The molecule has 12 nitrogen and oxygen atoms in total. The number of thiazole rings is 1. The molecule has 50 heavy (non-hydrogen) atoms. The highest BCUT2D eigenvalue weighted by molar-refractivity contribution is 8.06. The molecule has 0 bridgehead atoms. The molecule has 1 fully saturated rings. The van der Waals surface area contributed by atoms with E-state index >= 15 is 0 Å². The number of H-pyrrole nitrogens is 1. The quantitative estimate of drug-likeness (QED) is 0.0525. The van der Waals surface area contributed by atoms with Crippen LogP contribution in [-0.4, -0.2) is 55.6 Å². The number of carbonyl (C=O) groups is 3. The zero-order chi connectivity index (χ0) is 34.7. The number of nitrogen functional groups attached to an aromatic ring is 1. The molecule has 1 saturated heterocycles. The van der Waals surface area contributed by atoms with E-state index in [-0.39, 0.29) is 44.2 Å². The first-order chi connectivity index (χ1) is 24.3. The number of carbonyl (C=O) groups excluding carboxylic acids is 3. The summed E-state index contributed by atoms with van der Waals surface area (Å²) in [6.07, 6.45) is 8.96. The Bertz CT molecular complexity index is 1930. The number of anilines is 1. The number of halogens is 1. The van der Waals surface area contributed by atoms with Crippen LogP contribution in [0.2, 0.25) is 4.34 Å². The number of ether oxygens (including phenoxy) is 1. The standard InChI is InChI=1S/C34H30ClN7O5S3/c35-31-29(40-33(36)49-31)34(41-24(43)18-39-47-23-13-7-8-14-23)30(48-19-20-16-37-38-17-20)27(42-25(44)15-26(42)50-34)32(45)46-28(21-9-3-1-4-10-21)22-11-5-2-6-12-22/h1-7,9-13,16-18,23,26,28H,8,14-15,19H2,(H2,36,40)(H,37,38)(H,41,43)/b39-18-/t23?,26-,34?/m1/s1. The summed E-state index contributed by atoms with van der Waals surface area (Å²) in [6.45, 7) is 0. The lowest BCUT2D eigenvalue weighted by atomic mass is 10.0. The third-order valence-electron chi connectivity index (χ3n) is 8.13. The maximum Gasteiger partial charge on any atom is 0.357 e. The van der Waals surface area contributed by atoms with Crippen molar-refractivity contribution in [2.24, 2.45) is 5.16 Å². The topological polar surface area (TPSA) is 165 Å². The number of esters is 1. The van der Waals surface area contributed by atoms with Crippen LogP contribution in [0.3, 0.4) is 0 Å². The van der Waals surface area contributed by atoms with E-state index < -0.39 is 28.2 Å². The largest absolute Gasteiger partial charge is 0.448 e. The lowest BCUT2D eigenvalue weighted by Crippen LogP contribution is -2.60. The van der Waals surface area contributed by atoms with E-state index in [1.54, 1.807) is 12.4 Å². The normalized spacial score (nSPS) is 21.4. The molecular formula is C34H30ClN7O5S3. The molecule has 0 spiro atoms. The predicted octanol–water partition coefficient (Wildman–Crippen LogP) is 5.87. The van der Waals surface area contributed by atoms with Gasteiger partial charge in [-0.15, -0.1) is 11.8 Å². The molecule has 0 saturated carbocycles. The Labute approximate surface area is 304 Å². The van der Waals surface area contributed by atoms with Gasteiger partial charge >= 0.3 is 5.97 Å². The van der Waals surface area contributed by atoms with Crippen LogP contribution in [0.15, 0.2) is 101 Å². The molecule has 3 aliphatic rings. The summed E-state index contributed by atoms with van der Waals surface area (Å²) >= 11 is 10.3. The Kier molecular flexibility index (Phi) is 9.99. The van der Waals surface area contributed by atoms with Crippen molar-refractivity contribution in [1.82, 2.24) is 25.4 Å². The fraction of sp³-hybridized carbons (Fsp3) is 0.235. The van der Waals surface area contributed by atoms with Crippen LogP contribution >= 0.6 is 46.5 Å². The fourth-order valence-corrected chi connectivity index (χ4v) is 10.0. The number of oxime groups is 1. The number of allylic oxidation sites excluding steroid dienone is 1. The van der Waals surface area contributed by atoms with Gasteiger partial charge in [-0.3, -0.25) is 19.6 Å². The number of nitrogens with zero attached hydrogens (tertiary/aromatic N) is 4. The maximum atomic E-state index is 14.7. The number of nitrogens with two attached hydrogens (primary N) is 1. The van der Waals surface area contributed by atoms with Crippen LogP contribution in [0.25, 0.3) is 0 Å². The lowest BCUT2D eigenvalue weighted by Gasteiger charge is -2.51. The summed E-state index contributed by atoms with van der Waals surface area (Å²) in [5.41, 5.74) is 8.63. The highest BCUT2D eigenvalue weighted by Gasteiger charge is 2.58. The zero-order valence-corrected chi connectivity index (χ0v) is 29.4. The van der Waals surface area contributed by atoms with Gasteiger partial charge in [0.25, 0.3) is 5.91 Å². The van der Waals surface area contributed by atoms with Gasteiger partial charge in [0, 0.05) is 17.5 Å². The van der Waals surface area contributed by atoms with Crippen LogP contribution in [0.5, 0.6) is 0 Å². The van der Waals surface area contributed by atoms with Crippen LogP contribution in [0, 0.1) is 0 Å². The first-order valence-corrected chi connectivity index (χ1v) is 18.6. The number of amides is 2. The van der Waals surface area contributed by atoms with Crippen LogP contribution in [0.4, 0.5) is 5.13 Å². The van der Waals surface area contributed by atoms with Gasteiger partial charge in [0.15, 0.2) is 16.1 Å². The summed E-state index contributed by atoms with van der Waals surface area (Å²) in [4.78, 5) is 52.0. The number of thioether (sulfide) groups is 2. The monoisotopic (exact) mass is 747 g/mol. The lowest BCUT2D eigenvalue weighted by molar-refractivity contribution is -0.152. The summed E-state index contributed by atoms with van der Waals surface area (Å²) in [7, 11) is 0. The van der Waals surface area contributed by atoms with E-state index in [0.29, 0.717) is 5.75 Å². The van der Waals surface area contributed by atoms with Crippen LogP contribution < -0.4 is 11.1 Å². The Balaban J connectivity index is 1.35. The highest BCUT2D eigenvalue weighted by atomic mass is 35.5. The number of β-lactam (4-membered cyclic amide) rings is 1. The molecule has 1 aliphatic carbocycles. The van der Waals surface area contributed by atoms with Gasteiger partial charge in [-0.2, -0.15) is 5.10 Å². The van der Waals surface area contributed by atoms with Crippen molar-refractivity contribution < 1.29 is 24.0 Å². The zero-order valence-electron chi connectivity index (χ0n) is 26.2. The minimum Gasteiger partial charge on any atom is -0.448 e. The van der Waals surface area contributed by atoms with Gasteiger partial charge < -0.3 is 20.6 Å². The van der Waals surface area contributed by atoms with Gasteiger partial charge in [-0.25, -0.2) is 9.78 Å². The Morgan fingerprint density at radius 2 is 1.94 bits per heavy atom.